The zero-order valence-corrected chi connectivity index (χ0v) is 28.1. The minimum absolute atomic E-state index is 0.0454. The molecule has 10 nitrogen and oxygen atoms in total. The fraction of sp³-hybridized carbons (Fsp3) is 0.400. The molecule has 3 unspecified atom stereocenters. The first kappa shape index (κ1) is 32.6. The Morgan fingerprint density at radius 1 is 1.02 bits per heavy atom. The molecule has 2 aliphatic carbocycles. The SMILES string of the molecule is C[C@]12CC[C@@H]3OC(c4ccccc4)OC[C@@]3(C)C1C[C@H](OC(=O)c1ccc(C=O)cc1)[C@@]1(C)Oc3cc(-c4cccnc4)oc(=O)c3[C@H](O)C21. The smallest absolute Gasteiger partial charge is 0.345 e. The number of carbonyl (C=O) groups is 2. The highest BCUT2D eigenvalue weighted by Gasteiger charge is 2.71. The first-order valence-corrected chi connectivity index (χ1v) is 17.1. The van der Waals surface area contributed by atoms with Crippen LogP contribution in [0.1, 0.15) is 84.3 Å². The van der Waals surface area contributed by atoms with Gasteiger partial charge >= 0.3 is 11.6 Å². The highest BCUT2D eigenvalue weighted by Crippen LogP contribution is 2.68. The average molecular weight is 678 g/mol. The Morgan fingerprint density at radius 3 is 2.52 bits per heavy atom. The van der Waals surface area contributed by atoms with Crippen molar-refractivity contribution in [2.45, 2.75) is 70.2 Å². The van der Waals surface area contributed by atoms with E-state index in [2.05, 4.69) is 18.8 Å². The van der Waals surface area contributed by atoms with Gasteiger partial charge in [0.25, 0.3) is 0 Å². The Labute approximate surface area is 289 Å². The molecule has 4 aromatic rings. The van der Waals surface area contributed by atoms with Crippen LogP contribution in [0.15, 0.2) is 94.4 Å². The van der Waals surface area contributed by atoms with Gasteiger partial charge in [-0.25, -0.2) is 9.59 Å². The van der Waals surface area contributed by atoms with Gasteiger partial charge in [-0.05, 0) is 61.8 Å². The average Bonchev–Trinajstić information content (AvgIpc) is 3.12. The van der Waals surface area contributed by atoms with Gasteiger partial charge in [-0.15, -0.1) is 0 Å². The van der Waals surface area contributed by atoms with E-state index in [9.17, 15) is 19.5 Å². The van der Waals surface area contributed by atoms with Gasteiger partial charge in [0, 0.05) is 46.5 Å². The van der Waals surface area contributed by atoms with Crippen LogP contribution in [0.5, 0.6) is 5.75 Å². The van der Waals surface area contributed by atoms with Crippen molar-refractivity contribution in [3.63, 3.8) is 0 Å². The summed E-state index contributed by atoms with van der Waals surface area (Å²) in [5, 5.41) is 12.4. The van der Waals surface area contributed by atoms with Crippen molar-refractivity contribution >= 4 is 12.3 Å². The molecule has 0 bridgehead atoms. The molecule has 1 N–H and O–H groups in total. The van der Waals surface area contributed by atoms with Crippen LogP contribution in [-0.4, -0.2) is 46.8 Å². The number of nitrogens with zero attached hydrogens (tertiary/aromatic N) is 1. The summed E-state index contributed by atoms with van der Waals surface area (Å²) in [5.41, 5.74) is -0.774. The van der Waals surface area contributed by atoms with Crippen LogP contribution < -0.4 is 10.4 Å². The van der Waals surface area contributed by atoms with Gasteiger partial charge in [-0.2, -0.15) is 0 Å². The lowest BCUT2D eigenvalue weighted by Crippen LogP contribution is -2.71. The van der Waals surface area contributed by atoms with E-state index in [1.54, 1.807) is 54.9 Å². The summed E-state index contributed by atoms with van der Waals surface area (Å²) in [7, 11) is 0. The van der Waals surface area contributed by atoms with Gasteiger partial charge in [-0.1, -0.05) is 56.3 Å². The molecule has 4 heterocycles. The quantitative estimate of drug-likeness (QED) is 0.185. The molecule has 4 aliphatic rings. The van der Waals surface area contributed by atoms with Crippen molar-refractivity contribution in [2.24, 2.45) is 22.7 Å². The van der Waals surface area contributed by atoms with Crippen molar-refractivity contribution < 1.29 is 38.1 Å². The third-order valence-electron chi connectivity index (χ3n) is 12.0. The fourth-order valence-electron chi connectivity index (χ4n) is 9.53. The van der Waals surface area contributed by atoms with Crippen LogP contribution in [0.3, 0.4) is 0 Å². The summed E-state index contributed by atoms with van der Waals surface area (Å²) < 4.78 is 32.1. The Bertz CT molecular complexity index is 1980. The Morgan fingerprint density at radius 2 is 1.80 bits per heavy atom. The first-order chi connectivity index (χ1) is 24.0. The molecule has 0 amide bonds. The van der Waals surface area contributed by atoms with E-state index < -0.39 is 52.4 Å². The number of aliphatic hydroxyl groups excluding tert-OH is 1. The summed E-state index contributed by atoms with van der Waals surface area (Å²) in [6, 6.07) is 21.2. The molecule has 10 heteroatoms. The number of benzene rings is 2. The molecule has 1 saturated heterocycles. The van der Waals surface area contributed by atoms with Gasteiger partial charge in [0.1, 0.15) is 35.1 Å². The molecule has 3 fully saturated rings. The molecule has 258 valence electrons. The number of pyridine rings is 1. The van der Waals surface area contributed by atoms with Crippen LogP contribution >= 0.6 is 0 Å². The second-order valence-corrected chi connectivity index (χ2v) is 14.8. The molecule has 2 aromatic carbocycles. The number of fused-ring (bicyclic) bond motifs is 6. The van der Waals surface area contributed by atoms with Crippen molar-refractivity contribution in [1.29, 1.82) is 0 Å². The predicted octanol–water partition coefficient (Wildman–Crippen LogP) is 6.48. The topological polar surface area (TPSA) is 134 Å². The molecular formula is C40H39NO9. The standard InChI is InChI=1S/C40H39NO9/c1-38-16-15-30-39(2,22-46-37(49-30)25-8-5-4-6-9-25)29(38)19-31(48-35(44)24-13-11-23(21-42)12-14-24)40(3)34(38)33(43)32-28(50-40)18-27(47-36(32)45)26-10-7-17-41-20-26/h4-14,17-18,20-21,29-31,33-34,37,43H,15-16,19,22H2,1-3H3/t29?,30-,31-,33-,34?,37?,38-,39-,40+/m0/s1. The van der Waals surface area contributed by atoms with Gasteiger partial charge < -0.3 is 28.5 Å². The number of hydrogen-bond donors (Lipinski definition) is 1. The van der Waals surface area contributed by atoms with E-state index >= 15 is 0 Å². The van der Waals surface area contributed by atoms with Gasteiger partial charge in [0.2, 0.25) is 0 Å². The largest absolute Gasteiger partial charge is 0.482 e. The predicted molar refractivity (Wildman–Crippen MR) is 180 cm³/mol. The highest BCUT2D eigenvalue weighted by molar-refractivity contribution is 5.90. The summed E-state index contributed by atoms with van der Waals surface area (Å²) in [6.07, 6.45) is 2.87. The van der Waals surface area contributed by atoms with Crippen molar-refractivity contribution in [3.05, 3.63) is 118 Å². The van der Waals surface area contributed by atoms with E-state index in [1.165, 1.54) is 0 Å². The second kappa shape index (κ2) is 12.0. The number of rotatable bonds is 5. The minimum Gasteiger partial charge on any atom is -0.482 e. The number of esters is 1. The van der Waals surface area contributed by atoms with E-state index in [0.717, 1.165) is 5.56 Å². The van der Waals surface area contributed by atoms with Crippen molar-refractivity contribution in [3.8, 4) is 17.1 Å². The van der Waals surface area contributed by atoms with Crippen molar-refractivity contribution in [1.82, 2.24) is 4.98 Å². The third-order valence-corrected chi connectivity index (χ3v) is 12.0. The maximum absolute atomic E-state index is 13.8. The number of ether oxygens (including phenoxy) is 4. The number of hydrogen-bond acceptors (Lipinski definition) is 10. The molecule has 0 radical (unpaired) electrons. The number of aldehydes is 1. The summed E-state index contributed by atoms with van der Waals surface area (Å²) in [6.45, 7) is 6.55. The van der Waals surface area contributed by atoms with E-state index in [-0.39, 0.29) is 34.7 Å². The first-order valence-electron chi connectivity index (χ1n) is 17.1. The van der Waals surface area contributed by atoms with Gasteiger partial charge in [0.05, 0.1) is 24.4 Å². The lowest BCUT2D eigenvalue weighted by atomic mass is 9.42. The molecular weight excluding hydrogens is 638 g/mol. The van der Waals surface area contributed by atoms with Crippen LogP contribution in [0, 0.1) is 22.7 Å². The molecule has 2 aliphatic heterocycles. The maximum Gasteiger partial charge on any atom is 0.345 e. The van der Waals surface area contributed by atoms with Crippen LogP contribution in [0.25, 0.3) is 11.3 Å². The molecule has 2 saturated carbocycles. The molecule has 0 spiro atoms. The van der Waals surface area contributed by atoms with E-state index in [0.29, 0.717) is 43.3 Å². The summed E-state index contributed by atoms with van der Waals surface area (Å²) >= 11 is 0. The molecule has 50 heavy (non-hydrogen) atoms. The van der Waals surface area contributed by atoms with Crippen LogP contribution in [0.4, 0.5) is 0 Å². The Kier molecular flexibility index (Phi) is 7.82. The zero-order valence-electron chi connectivity index (χ0n) is 28.1. The van der Waals surface area contributed by atoms with Crippen LogP contribution in [-0.2, 0) is 14.2 Å². The molecule has 9 atom stereocenters. The van der Waals surface area contributed by atoms with E-state index in [4.69, 9.17) is 23.4 Å². The Balaban J connectivity index is 1.21. The van der Waals surface area contributed by atoms with Gasteiger partial charge in [0.15, 0.2) is 6.29 Å². The van der Waals surface area contributed by atoms with E-state index in [1.807, 2.05) is 37.3 Å². The zero-order chi connectivity index (χ0) is 34.8. The van der Waals surface area contributed by atoms with Crippen LogP contribution in [0.2, 0.25) is 0 Å². The highest BCUT2D eigenvalue weighted by atomic mass is 16.7. The number of aliphatic hydroxyl groups is 1. The normalized spacial score (nSPS) is 34.2. The third kappa shape index (κ3) is 5.03. The summed E-state index contributed by atoms with van der Waals surface area (Å²) in [4.78, 5) is 42.9. The fourth-order valence-corrected chi connectivity index (χ4v) is 9.53. The lowest BCUT2D eigenvalue weighted by molar-refractivity contribution is -0.330. The monoisotopic (exact) mass is 677 g/mol. The van der Waals surface area contributed by atoms with Crippen molar-refractivity contribution in [2.75, 3.05) is 6.61 Å². The molecule has 2 aromatic heterocycles. The lowest BCUT2D eigenvalue weighted by Gasteiger charge is -2.67. The number of carbonyl (C=O) groups excluding carboxylic acids is 2. The Hall–Kier alpha value is -4.64. The molecule has 8 rings (SSSR count). The number of aromatic nitrogens is 1. The summed E-state index contributed by atoms with van der Waals surface area (Å²) in [5.74, 6) is -0.994. The van der Waals surface area contributed by atoms with Gasteiger partial charge in [-0.3, -0.25) is 9.78 Å². The maximum atomic E-state index is 13.8. The minimum atomic E-state index is -1.29. The second-order valence-electron chi connectivity index (χ2n) is 14.8.